The minimum absolute atomic E-state index is 0.238. The molecule has 146 valence electrons. The number of nitrogens with one attached hydrogen (secondary N) is 1. The van der Waals surface area contributed by atoms with Gasteiger partial charge in [-0.1, -0.05) is 18.2 Å². The number of benzene rings is 1. The maximum Gasteiger partial charge on any atom is 0.335 e. The standard InChI is InChI=1S/C17H25NO8/c1-8-5-4-6-9(2)14(8)24-7-10(3)18-26-17-13(21)11(19)12(20)15(25-17)16(22)23/h4-6,10-13,15,17-21H,7H2,1-3H3,(H,22,23)/t10?,11-,12-,13+,15-,17?/m0/s1. The van der Waals surface area contributed by atoms with Crippen LogP contribution in [-0.2, 0) is 14.4 Å². The second-order valence-corrected chi connectivity index (χ2v) is 6.40. The molecule has 1 aliphatic heterocycles. The lowest BCUT2D eigenvalue weighted by atomic mass is 9.99. The number of aliphatic carboxylic acids is 1. The number of ether oxygens (including phenoxy) is 2. The van der Waals surface area contributed by atoms with Gasteiger partial charge in [-0.2, -0.15) is 5.48 Å². The number of hydrogen-bond acceptors (Lipinski definition) is 8. The van der Waals surface area contributed by atoms with Gasteiger partial charge in [-0.05, 0) is 31.9 Å². The van der Waals surface area contributed by atoms with Crippen LogP contribution in [0.5, 0.6) is 5.75 Å². The quantitative estimate of drug-likeness (QED) is 0.401. The lowest BCUT2D eigenvalue weighted by Crippen LogP contribution is -2.61. The average molecular weight is 371 g/mol. The van der Waals surface area contributed by atoms with Crippen LogP contribution in [0.1, 0.15) is 18.1 Å². The third kappa shape index (κ3) is 4.70. The fourth-order valence-electron chi connectivity index (χ4n) is 2.60. The zero-order chi connectivity index (χ0) is 19.4. The van der Waals surface area contributed by atoms with E-state index in [0.717, 1.165) is 16.9 Å². The molecule has 1 aromatic rings. The van der Waals surface area contributed by atoms with Gasteiger partial charge in [0.05, 0.1) is 6.04 Å². The van der Waals surface area contributed by atoms with Crippen molar-refractivity contribution in [2.75, 3.05) is 6.61 Å². The summed E-state index contributed by atoms with van der Waals surface area (Å²) in [6, 6.07) is 5.46. The molecule has 0 amide bonds. The van der Waals surface area contributed by atoms with Crippen LogP contribution in [-0.4, -0.2) is 69.8 Å². The Labute approximate surface area is 151 Å². The van der Waals surface area contributed by atoms with Crippen molar-refractivity contribution in [3.8, 4) is 5.75 Å². The largest absolute Gasteiger partial charge is 0.491 e. The Morgan fingerprint density at radius 2 is 1.81 bits per heavy atom. The highest BCUT2D eigenvalue weighted by molar-refractivity contribution is 5.73. The molecule has 5 N–H and O–H groups in total. The van der Waals surface area contributed by atoms with Crippen LogP contribution in [0.15, 0.2) is 18.2 Å². The minimum Gasteiger partial charge on any atom is -0.491 e. The van der Waals surface area contributed by atoms with Crippen molar-refractivity contribution < 1.29 is 39.5 Å². The number of para-hydroxylation sites is 1. The highest BCUT2D eigenvalue weighted by Crippen LogP contribution is 2.23. The van der Waals surface area contributed by atoms with Gasteiger partial charge in [0.15, 0.2) is 6.10 Å². The van der Waals surface area contributed by atoms with E-state index >= 15 is 0 Å². The third-order valence-electron chi connectivity index (χ3n) is 4.08. The molecule has 1 fully saturated rings. The topological polar surface area (TPSA) is 138 Å². The molecule has 26 heavy (non-hydrogen) atoms. The molecule has 9 nitrogen and oxygen atoms in total. The van der Waals surface area contributed by atoms with Crippen LogP contribution >= 0.6 is 0 Å². The van der Waals surface area contributed by atoms with Crippen molar-refractivity contribution in [3.05, 3.63) is 29.3 Å². The predicted octanol–water partition coefficient (Wildman–Crippen LogP) is -0.516. The van der Waals surface area contributed by atoms with Gasteiger partial charge in [0.2, 0.25) is 6.29 Å². The minimum atomic E-state index is -1.76. The van der Waals surface area contributed by atoms with Gasteiger partial charge in [-0.3, -0.25) is 4.84 Å². The number of carboxylic acid groups (broad SMARTS) is 1. The predicted molar refractivity (Wildman–Crippen MR) is 89.4 cm³/mol. The van der Waals surface area contributed by atoms with E-state index in [4.69, 9.17) is 19.4 Å². The molecule has 1 aliphatic rings. The first-order valence-corrected chi connectivity index (χ1v) is 8.25. The van der Waals surface area contributed by atoms with Gasteiger partial charge >= 0.3 is 5.97 Å². The van der Waals surface area contributed by atoms with Crippen molar-refractivity contribution in [1.29, 1.82) is 0 Å². The SMILES string of the molecule is Cc1cccc(C)c1OCC(C)NOC1O[C@H](C(=O)O)[C@@H](O)[C@H](O)[C@H]1O. The van der Waals surface area contributed by atoms with E-state index in [2.05, 4.69) is 5.48 Å². The second kappa shape index (κ2) is 8.76. The van der Waals surface area contributed by atoms with E-state index in [-0.39, 0.29) is 12.6 Å². The molecule has 1 saturated heterocycles. The summed E-state index contributed by atoms with van der Waals surface area (Å²) in [6.45, 7) is 5.86. The first-order chi connectivity index (χ1) is 12.2. The van der Waals surface area contributed by atoms with E-state index in [1.807, 2.05) is 32.0 Å². The lowest BCUT2D eigenvalue weighted by molar-refractivity contribution is -0.311. The third-order valence-corrected chi connectivity index (χ3v) is 4.08. The fraction of sp³-hybridized carbons (Fsp3) is 0.588. The number of hydroxylamine groups is 1. The summed E-state index contributed by atoms with van der Waals surface area (Å²) < 4.78 is 10.8. The zero-order valence-corrected chi connectivity index (χ0v) is 14.8. The van der Waals surface area contributed by atoms with Crippen LogP contribution in [0.3, 0.4) is 0 Å². The number of rotatable bonds is 7. The number of aryl methyl sites for hydroxylation is 2. The Hall–Kier alpha value is -1.75. The Morgan fingerprint density at radius 3 is 2.38 bits per heavy atom. The number of hydrogen-bond donors (Lipinski definition) is 5. The average Bonchev–Trinajstić information content (AvgIpc) is 2.58. The van der Waals surface area contributed by atoms with Crippen molar-refractivity contribution in [2.24, 2.45) is 0 Å². The van der Waals surface area contributed by atoms with Crippen molar-refractivity contribution in [1.82, 2.24) is 5.48 Å². The molecule has 2 unspecified atom stereocenters. The van der Waals surface area contributed by atoms with Crippen molar-refractivity contribution in [3.63, 3.8) is 0 Å². The monoisotopic (exact) mass is 371 g/mol. The first kappa shape index (κ1) is 20.6. The number of aliphatic hydroxyl groups is 3. The van der Waals surface area contributed by atoms with Crippen LogP contribution in [0.2, 0.25) is 0 Å². The van der Waals surface area contributed by atoms with Gasteiger partial charge in [-0.15, -0.1) is 0 Å². The molecule has 0 aromatic heterocycles. The number of carbonyl (C=O) groups is 1. The maximum absolute atomic E-state index is 11.1. The molecule has 1 heterocycles. The molecule has 9 heteroatoms. The van der Waals surface area contributed by atoms with E-state index in [1.165, 1.54) is 0 Å². The van der Waals surface area contributed by atoms with E-state index in [0.29, 0.717) is 0 Å². The maximum atomic E-state index is 11.1. The summed E-state index contributed by atoms with van der Waals surface area (Å²) in [6.07, 6.45) is -8.25. The first-order valence-electron chi connectivity index (χ1n) is 8.25. The molecule has 1 aromatic carbocycles. The summed E-state index contributed by atoms with van der Waals surface area (Å²) in [7, 11) is 0. The Morgan fingerprint density at radius 1 is 1.19 bits per heavy atom. The lowest BCUT2D eigenvalue weighted by Gasteiger charge is -2.38. The second-order valence-electron chi connectivity index (χ2n) is 6.40. The number of carboxylic acids is 1. The van der Waals surface area contributed by atoms with Crippen LogP contribution < -0.4 is 10.2 Å². The van der Waals surface area contributed by atoms with Crippen molar-refractivity contribution in [2.45, 2.75) is 57.5 Å². The van der Waals surface area contributed by atoms with Crippen LogP contribution in [0, 0.1) is 13.8 Å². The zero-order valence-electron chi connectivity index (χ0n) is 14.8. The highest BCUT2D eigenvalue weighted by atomic mass is 16.8. The summed E-state index contributed by atoms with van der Waals surface area (Å²) in [5.74, 6) is -0.706. The molecular formula is C17H25NO8. The van der Waals surface area contributed by atoms with Gasteiger partial charge in [0.25, 0.3) is 0 Å². The molecule has 0 saturated carbocycles. The molecule has 2 rings (SSSR count). The summed E-state index contributed by atoms with van der Waals surface area (Å²) in [4.78, 5) is 16.2. The van der Waals surface area contributed by atoms with E-state index in [1.54, 1.807) is 6.92 Å². The molecular weight excluding hydrogens is 346 g/mol. The summed E-state index contributed by atoms with van der Waals surface area (Å²) in [5, 5.41) is 38.2. The van der Waals surface area contributed by atoms with E-state index in [9.17, 15) is 20.1 Å². The van der Waals surface area contributed by atoms with E-state index < -0.39 is 36.7 Å². The van der Waals surface area contributed by atoms with Gasteiger partial charge < -0.3 is 29.9 Å². The fourth-order valence-corrected chi connectivity index (χ4v) is 2.60. The summed E-state index contributed by atoms with van der Waals surface area (Å²) >= 11 is 0. The summed E-state index contributed by atoms with van der Waals surface area (Å²) in [5.41, 5.74) is 4.57. The van der Waals surface area contributed by atoms with Gasteiger partial charge in [-0.25, -0.2) is 4.79 Å². The van der Waals surface area contributed by atoms with Crippen LogP contribution in [0.25, 0.3) is 0 Å². The normalized spacial score (nSPS) is 30.0. The molecule has 0 aliphatic carbocycles. The number of aliphatic hydroxyl groups excluding tert-OH is 3. The Bertz CT molecular complexity index is 605. The molecule has 0 radical (unpaired) electrons. The molecule has 0 spiro atoms. The highest BCUT2D eigenvalue weighted by Gasteiger charge is 2.47. The Kier molecular flexibility index (Phi) is 6.93. The smallest absolute Gasteiger partial charge is 0.335 e. The van der Waals surface area contributed by atoms with Gasteiger partial charge in [0, 0.05) is 0 Å². The Balaban J connectivity index is 1.88. The molecule has 0 bridgehead atoms. The van der Waals surface area contributed by atoms with Crippen LogP contribution in [0.4, 0.5) is 0 Å². The van der Waals surface area contributed by atoms with Gasteiger partial charge in [0.1, 0.15) is 30.7 Å². The molecule has 6 atom stereocenters. The van der Waals surface area contributed by atoms with Crippen molar-refractivity contribution >= 4 is 5.97 Å².